The maximum absolute atomic E-state index is 12.5. The molecule has 0 fully saturated rings. The summed E-state index contributed by atoms with van der Waals surface area (Å²) in [6, 6.07) is 3.17. The average molecular weight is 369 g/mol. The van der Waals surface area contributed by atoms with Gasteiger partial charge >= 0.3 is 5.63 Å². The second-order valence-electron chi connectivity index (χ2n) is 7.16. The first-order chi connectivity index (χ1) is 13.1. The second-order valence-corrected chi connectivity index (χ2v) is 7.16. The number of likely N-dealkylation sites (N-methyl/N-ethyl adjacent to an activating group) is 1. The lowest BCUT2D eigenvalue weighted by Gasteiger charge is -2.37. The predicted octanol–water partition coefficient (Wildman–Crippen LogP) is 1.01. The quantitative estimate of drug-likeness (QED) is 0.604. The first-order valence-electron chi connectivity index (χ1n) is 9.40. The molecule has 3 heterocycles. The highest BCUT2D eigenvalue weighted by atomic mass is 16.4. The molecular formula is C20H23N3O4. The fraction of sp³-hybridized carbons (Fsp3) is 0.450. The van der Waals surface area contributed by atoms with Crippen molar-refractivity contribution in [1.82, 2.24) is 10.6 Å². The zero-order chi connectivity index (χ0) is 19.0. The third-order valence-electron chi connectivity index (χ3n) is 5.48. The van der Waals surface area contributed by atoms with Gasteiger partial charge in [-0.05, 0) is 50.4 Å². The van der Waals surface area contributed by atoms with E-state index in [1.807, 2.05) is 6.07 Å². The summed E-state index contributed by atoms with van der Waals surface area (Å²) in [7, 11) is 1.63. The number of amides is 1. The van der Waals surface area contributed by atoms with Crippen LogP contribution in [0.25, 0.3) is 11.0 Å². The second kappa shape index (κ2) is 7.15. The van der Waals surface area contributed by atoms with Crippen LogP contribution in [0.2, 0.25) is 0 Å². The third-order valence-corrected chi connectivity index (χ3v) is 5.48. The van der Waals surface area contributed by atoms with E-state index in [2.05, 4.69) is 15.5 Å². The summed E-state index contributed by atoms with van der Waals surface area (Å²) in [6.07, 6.45) is 4.74. The summed E-state index contributed by atoms with van der Waals surface area (Å²) in [4.78, 5) is 38.1. The molecule has 2 aromatic rings. The van der Waals surface area contributed by atoms with E-state index in [0.717, 1.165) is 49.7 Å². The van der Waals surface area contributed by atoms with E-state index in [4.69, 9.17) is 4.42 Å². The number of benzene rings is 1. The monoisotopic (exact) mass is 369 g/mol. The Hall–Kier alpha value is -2.67. The molecule has 1 unspecified atom stereocenters. The Kier molecular flexibility index (Phi) is 4.70. The molecule has 1 amide bonds. The van der Waals surface area contributed by atoms with Gasteiger partial charge in [-0.1, -0.05) is 0 Å². The molecule has 7 nitrogen and oxygen atoms in total. The summed E-state index contributed by atoms with van der Waals surface area (Å²) < 4.78 is 5.62. The minimum Gasteiger partial charge on any atom is -0.422 e. The van der Waals surface area contributed by atoms with Crippen molar-refractivity contribution in [3.8, 4) is 0 Å². The molecule has 0 saturated carbocycles. The average Bonchev–Trinajstić information content (AvgIpc) is 2.69. The first-order valence-corrected chi connectivity index (χ1v) is 9.40. The normalized spacial score (nSPS) is 16.7. The molecule has 0 spiro atoms. The van der Waals surface area contributed by atoms with Crippen LogP contribution in [-0.2, 0) is 17.6 Å². The number of fused-ring (bicyclic) bond motifs is 2. The van der Waals surface area contributed by atoms with E-state index >= 15 is 0 Å². The molecule has 0 bridgehead atoms. The number of anilines is 1. The van der Waals surface area contributed by atoms with Crippen molar-refractivity contribution in [3.05, 3.63) is 39.2 Å². The Bertz CT molecular complexity index is 964. The van der Waals surface area contributed by atoms with Gasteiger partial charge in [0.2, 0.25) is 0 Å². The molecule has 27 heavy (non-hydrogen) atoms. The van der Waals surface area contributed by atoms with Crippen molar-refractivity contribution >= 4 is 28.8 Å². The predicted molar refractivity (Wildman–Crippen MR) is 103 cm³/mol. The maximum atomic E-state index is 12.5. The number of aryl methyl sites for hydroxylation is 2. The van der Waals surface area contributed by atoms with Crippen LogP contribution < -0.4 is 21.2 Å². The first kappa shape index (κ1) is 17.7. The van der Waals surface area contributed by atoms with Gasteiger partial charge < -0.3 is 24.7 Å². The van der Waals surface area contributed by atoms with Gasteiger partial charge in [0.15, 0.2) is 0 Å². The van der Waals surface area contributed by atoms with Gasteiger partial charge in [-0.25, -0.2) is 4.79 Å². The summed E-state index contributed by atoms with van der Waals surface area (Å²) in [5.74, 6) is -0.527. The summed E-state index contributed by atoms with van der Waals surface area (Å²) in [5, 5.41) is 6.18. The Morgan fingerprint density at radius 3 is 2.81 bits per heavy atom. The van der Waals surface area contributed by atoms with Gasteiger partial charge in [-0.15, -0.1) is 0 Å². The topological polar surface area (TPSA) is 91.6 Å². The van der Waals surface area contributed by atoms with E-state index in [0.29, 0.717) is 11.9 Å². The number of aldehydes is 1. The standard InChI is InChI=1S/C20H23N3O4/c1-21-14(11-24)10-22-19(25)16-9-13-8-12-4-2-6-23-7-3-5-15(17(12)23)18(13)27-20(16)26/h8-9,11,14,21H,2-7,10H2,1H3,(H,22,25). The number of nitrogens with zero attached hydrogens (tertiary/aromatic N) is 1. The highest BCUT2D eigenvalue weighted by Crippen LogP contribution is 2.39. The van der Waals surface area contributed by atoms with Gasteiger partial charge in [0.1, 0.15) is 17.4 Å². The van der Waals surface area contributed by atoms with Crippen LogP contribution >= 0.6 is 0 Å². The summed E-state index contributed by atoms with van der Waals surface area (Å²) in [5.41, 5.74) is 3.51. The fourth-order valence-corrected chi connectivity index (χ4v) is 4.12. The van der Waals surface area contributed by atoms with Crippen LogP contribution in [-0.4, -0.2) is 44.9 Å². The Labute approximate surface area is 156 Å². The SMILES string of the molecule is CNC(C=O)CNC(=O)c1cc2cc3c4c(c2oc1=O)CCCN4CCC3. The van der Waals surface area contributed by atoms with Gasteiger partial charge in [-0.3, -0.25) is 4.79 Å². The molecule has 2 aliphatic rings. The molecule has 1 atom stereocenters. The molecule has 7 heteroatoms. The number of hydrogen-bond donors (Lipinski definition) is 2. The van der Waals surface area contributed by atoms with Gasteiger partial charge in [0.25, 0.3) is 5.91 Å². The lowest BCUT2D eigenvalue weighted by Crippen LogP contribution is -2.41. The summed E-state index contributed by atoms with van der Waals surface area (Å²) >= 11 is 0. The van der Waals surface area contributed by atoms with E-state index < -0.39 is 17.6 Å². The maximum Gasteiger partial charge on any atom is 0.349 e. The highest BCUT2D eigenvalue weighted by Gasteiger charge is 2.27. The molecule has 0 aliphatic carbocycles. The van der Waals surface area contributed by atoms with Gasteiger partial charge in [0.05, 0.1) is 6.04 Å². The minimum atomic E-state index is -0.642. The highest BCUT2D eigenvalue weighted by molar-refractivity contribution is 5.98. The Balaban J connectivity index is 1.74. The molecule has 2 N–H and O–H groups in total. The van der Waals surface area contributed by atoms with Crippen molar-refractivity contribution < 1.29 is 14.0 Å². The number of rotatable bonds is 5. The molecular weight excluding hydrogens is 346 g/mol. The van der Waals surface area contributed by atoms with Gasteiger partial charge in [0, 0.05) is 36.3 Å². The minimum absolute atomic E-state index is 0.0288. The zero-order valence-corrected chi connectivity index (χ0v) is 15.3. The zero-order valence-electron chi connectivity index (χ0n) is 15.3. The van der Waals surface area contributed by atoms with Crippen LogP contribution in [0.4, 0.5) is 5.69 Å². The van der Waals surface area contributed by atoms with Crippen LogP contribution in [0, 0.1) is 0 Å². The van der Waals surface area contributed by atoms with Crippen LogP contribution in [0.15, 0.2) is 21.3 Å². The molecule has 1 aromatic heterocycles. The lowest BCUT2D eigenvalue weighted by molar-refractivity contribution is -0.109. The molecule has 142 valence electrons. The number of carbonyl (C=O) groups excluding carboxylic acids is 2. The Morgan fingerprint density at radius 2 is 2.07 bits per heavy atom. The molecule has 4 rings (SSSR count). The lowest BCUT2D eigenvalue weighted by atomic mass is 9.90. The van der Waals surface area contributed by atoms with Crippen molar-refractivity contribution in [2.75, 3.05) is 31.6 Å². The van der Waals surface area contributed by atoms with E-state index in [-0.39, 0.29) is 12.1 Å². The van der Waals surface area contributed by atoms with E-state index in [1.165, 1.54) is 11.3 Å². The van der Waals surface area contributed by atoms with Gasteiger partial charge in [-0.2, -0.15) is 0 Å². The van der Waals surface area contributed by atoms with E-state index in [9.17, 15) is 14.4 Å². The van der Waals surface area contributed by atoms with Crippen LogP contribution in [0.3, 0.4) is 0 Å². The van der Waals surface area contributed by atoms with Crippen molar-refractivity contribution in [2.24, 2.45) is 0 Å². The van der Waals surface area contributed by atoms with Crippen molar-refractivity contribution in [3.63, 3.8) is 0 Å². The summed E-state index contributed by atoms with van der Waals surface area (Å²) in [6.45, 7) is 2.19. The van der Waals surface area contributed by atoms with Crippen LogP contribution in [0.1, 0.15) is 34.3 Å². The van der Waals surface area contributed by atoms with Crippen molar-refractivity contribution in [2.45, 2.75) is 31.7 Å². The molecule has 2 aliphatic heterocycles. The molecule has 0 saturated heterocycles. The fourth-order valence-electron chi connectivity index (χ4n) is 4.12. The largest absolute Gasteiger partial charge is 0.422 e. The van der Waals surface area contributed by atoms with Crippen molar-refractivity contribution in [1.29, 1.82) is 0 Å². The molecule has 0 radical (unpaired) electrons. The Morgan fingerprint density at radius 1 is 1.30 bits per heavy atom. The number of hydrogen-bond acceptors (Lipinski definition) is 6. The third kappa shape index (κ3) is 3.12. The number of nitrogens with one attached hydrogen (secondary N) is 2. The molecule has 1 aromatic carbocycles. The smallest absolute Gasteiger partial charge is 0.349 e. The van der Waals surface area contributed by atoms with Crippen LogP contribution in [0.5, 0.6) is 0 Å². The van der Waals surface area contributed by atoms with E-state index in [1.54, 1.807) is 13.1 Å². The number of carbonyl (C=O) groups is 2.